The minimum atomic E-state index is -0.233. The van der Waals surface area contributed by atoms with E-state index >= 15 is 0 Å². The summed E-state index contributed by atoms with van der Waals surface area (Å²) in [6, 6.07) is 13.0. The summed E-state index contributed by atoms with van der Waals surface area (Å²) in [6.45, 7) is 0.546. The predicted octanol–water partition coefficient (Wildman–Crippen LogP) is 3.80. The van der Waals surface area contributed by atoms with Gasteiger partial charge in [0.2, 0.25) is 5.91 Å². The normalized spacial score (nSPS) is 15.5. The van der Waals surface area contributed by atoms with Crippen LogP contribution >= 0.6 is 22.7 Å². The van der Waals surface area contributed by atoms with Crippen LogP contribution in [0.4, 0.5) is 5.13 Å². The van der Waals surface area contributed by atoms with Crippen molar-refractivity contribution < 1.29 is 9.59 Å². The van der Waals surface area contributed by atoms with E-state index in [2.05, 4.69) is 15.6 Å². The first kappa shape index (κ1) is 16.9. The van der Waals surface area contributed by atoms with E-state index in [1.54, 1.807) is 23.5 Å². The van der Waals surface area contributed by atoms with E-state index < -0.39 is 0 Å². The second-order valence-electron chi connectivity index (χ2n) is 6.04. The SMILES string of the molecule is O=C(Nc1nc2c(s1)CC[C@@H]2C(=O)NCc1cccs1)c1ccccc1. The molecule has 1 aromatic carbocycles. The Morgan fingerprint density at radius 3 is 2.77 bits per heavy atom. The third kappa shape index (κ3) is 3.54. The third-order valence-corrected chi connectivity index (χ3v) is 6.23. The van der Waals surface area contributed by atoms with E-state index in [1.165, 1.54) is 11.3 Å². The lowest BCUT2D eigenvalue weighted by atomic mass is 10.1. The van der Waals surface area contributed by atoms with Crippen LogP contribution in [-0.4, -0.2) is 16.8 Å². The first-order chi connectivity index (χ1) is 12.7. The highest BCUT2D eigenvalue weighted by atomic mass is 32.1. The third-order valence-electron chi connectivity index (χ3n) is 4.31. The fourth-order valence-electron chi connectivity index (χ4n) is 3.01. The van der Waals surface area contributed by atoms with E-state index in [4.69, 9.17) is 0 Å². The van der Waals surface area contributed by atoms with Crippen LogP contribution in [0, 0.1) is 0 Å². The zero-order valence-electron chi connectivity index (χ0n) is 13.9. The van der Waals surface area contributed by atoms with Crippen LogP contribution in [0.5, 0.6) is 0 Å². The molecule has 132 valence electrons. The van der Waals surface area contributed by atoms with Crippen LogP contribution in [0.3, 0.4) is 0 Å². The fourth-order valence-corrected chi connectivity index (χ4v) is 4.68. The zero-order valence-corrected chi connectivity index (χ0v) is 15.5. The molecule has 2 aromatic heterocycles. The molecule has 4 rings (SSSR count). The van der Waals surface area contributed by atoms with Gasteiger partial charge < -0.3 is 5.32 Å². The van der Waals surface area contributed by atoms with Gasteiger partial charge in [-0.1, -0.05) is 24.3 Å². The molecule has 2 N–H and O–H groups in total. The molecule has 1 aliphatic carbocycles. The van der Waals surface area contributed by atoms with E-state index in [1.807, 2.05) is 35.7 Å². The number of carbonyl (C=O) groups is 2. The topological polar surface area (TPSA) is 71.1 Å². The first-order valence-corrected chi connectivity index (χ1v) is 10.1. The Hall–Kier alpha value is -2.51. The Kier molecular flexibility index (Phi) is 4.81. The average molecular weight is 383 g/mol. The Bertz CT molecular complexity index is 920. The number of thiophene rings is 1. The number of fused-ring (bicyclic) bond motifs is 1. The van der Waals surface area contributed by atoms with Gasteiger partial charge in [0, 0.05) is 15.3 Å². The van der Waals surface area contributed by atoms with E-state index in [0.717, 1.165) is 28.3 Å². The highest BCUT2D eigenvalue weighted by Crippen LogP contribution is 2.38. The van der Waals surface area contributed by atoms with Crippen molar-refractivity contribution in [1.29, 1.82) is 0 Å². The van der Waals surface area contributed by atoms with Gasteiger partial charge in [0.25, 0.3) is 5.91 Å². The standard InChI is InChI=1S/C19H17N3O2S2/c23-17(12-5-2-1-3-6-12)22-19-21-16-14(8-9-15(16)26-19)18(24)20-11-13-7-4-10-25-13/h1-7,10,14H,8-9,11H2,(H,20,24)(H,21,22,23)/t14-/m0/s1. The summed E-state index contributed by atoms with van der Waals surface area (Å²) in [6.07, 6.45) is 1.60. The smallest absolute Gasteiger partial charge is 0.257 e. The summed E-state index contributed by atoms with van der Waals surface area (Å²) in [5, 5.41) is 8.38. The molecular weight excluding hydrogens is 366 g/mol. The number of amides is 2. The molecule has 3 aromatic rings. The molecule has 0 radical (unpaired) electrons. The molecule has 0 aliphatic heterocycles. The van der Waals surface area contributed by atoms with Crippen LogP contribution in [0.2, 0.25) is 0 Å². The summed E-state index contributed by atoms with van der Waals surface area (Å²) >= 11 is 3.09. The molecule has 5 nitrogen and oxygen atoms in total. The number of anilines is 1. The molecule has 7 heteroatoms. The quantitative estimate of drug-likeness (QED) is 0.704. The number of aromatic nitrogens is 1. The van der Waals surface area contributed by atoms with Crippen molar-refractivity contribution >= 4 is 39.6 Å². The van der Waals surface area contributed by atoms with Gasteiger partial charge >= 0.3 is 0 Å². The number of rotatable bonds is 5. The molecule has 0 spiro atoms. The van der Waals surface area contributed by atoms with Gasteiger partial charge in [-0.05, 0) is 36.4 Å². The predicted molar refractivity (Wildman–Crippen MR) is 104 cm³/mol. The van der Waals surface area contributed by atoms with Crippen molar-refractivity contribution in [3.63, 3.8) is 0 Å². The van der Waals surface area contributed by atoms with Crippen LogP contribution < -0.4 is 10.6 Å². The van der Waals surface area contributed by atoms with Gasteiger partial charge in [0.15, 0.2) is 5.13 Å². The molecule has 0 saturated heterocycles. The first-order valence-electron chi connectivity index (χ1n) is 8.37. The number of hydrogen-bond acceptors (Lipinski definition) is 5. The Morgan fingerprint density at radius 1 is 1.15 bits per heavy atom. The highest BCUT2D eigenvalue weighted by Gasteiger charge is 2.32. The molecule has 0 unspecified atom stereocenters. The lowest BCUT2D eigenvalue weighted by Crippen LogP contribution is -2.27. The molecule has 0 saturated carbocycles. The minimum absolute atomic E-state index is 0.00314. The number of hydrogen-bond donors (Lipinski definition) is 2. The molecule has 26 heavy (non-hydrogen) atoms. The zero-order chi connectivity index (χ0) is 17.9. The summed E-state index contributed by atoms with van der Waals surface area (Å²) in [5.74, 6) is -0.413. The molecule has 0 fully saturated rings. The Labute approximate surface area is 159 Å². The summed E-state index contributed by atoms with van der Waals surface area (Å²) < 4.78 is 0. The maximum atomic E-state index is 12.5. The van der Waals surface area contributed by atoms with Crippen LogP contribution in [0.1, 0.15) is 38.1 Å². The molecule has 1 atom stereocenters. The number of nitrogens with one attached hydrogen (secondary N) is 2. The molecular formula is C19H17N3O2S2. The van der Waals surface area contributed by atoms with Crippen molar-refractivity contribution in [2.75, 3.05) is 5.32 Å². The van der Waals surface area contributed by atoms with Gasteiger partial charge in [0.1, 0.15) is 0 Å². The lowest BCUT2D eigenvalue weighted by Gasteiger charge is -2.10. The molecule has 2 heterocycles. The molecule has 1 aliphatic rings. The lowest BCUT2D eigenvalue weighted by molar-refractivity contribution is -0.122. The van der Waals surface area contributed by atoms with E-state index in [0.29, 0.717) is 17.2 Å². The van der Waals surface area contributed by atoms with Crippen molar-refractivity contribution in [1.82, 2.24) is 10.3 Å². The fraction of sp³-hybridized carbons (Fsp3) is 0.211. The number of nitrogens with zero attached hydrogens (tertiary/aromatic N) is 1. The van der Waals surface area contributed by atoms with Crippen LogP contribution in [0.15, 0.2) is 47.8 Å². The van der Waals surface area contributed by atoms with E-state index in [-0.39, 0.29) is 17.7 Å². The van der Waals surface area contributed by atoms with Crippen LogP contribution in [-0.2, 0) is 17.8 Å². The number of aryl methyl sites for hydroxylation is 1. The van der Waals surface area contributed by atoms with Gasteiger partial charge in [-0.15, -0.1) is 22.7 Å². The molecule has 0 bridgehead atoms. The van der Waals surface area contributed by atoms with Crippen molar-refractivity contribution in [2.24, 2.45) is 0 Å². The maximum Gasteiger partial charge on any atom is 0.257 e. The van der Waals surface area contributed by atoms with Crippen molar-refractivity contribution in [3.05, 3.63) is 68.9 Å². The maximum absolute atomic E-state index is 12.5. The number of benzene rings is 1. The Balaban J connectivity index is 1.42. The van der Waals surface area contributed by atoms with Crippen molar-refractivity contribution in [3.8, 4) is 0 Å². The number of carbonyl (C=O) groups excluding carboxylic acids is 2. The van der Waals surface area contributed by atoms with E-state index in [9.17, 15) is 9.59 Å². The summed E-state index contributed by atoms with van der Waals surface area (Å²) in [5.41, 5.74) is 1.40. The van der Waals surface area contributed by atoms with Gasteiger partial charge in [-0.3, -0.25) is 14.9 Å². The minimum Gasteiger partial charge on any atom is -0.351 e. The van der Waals surface area contributed by atoms with Gasteiger partial charge in [-0.25, -0.2) is 4.98 Å². The monoisotopic (exact) mass is 383 g/mol. The Morgan fingerprint density at radius 2 is 2.00 bits per heavy atom. The van der Waals surface area contributed by atoms with Crippen LogP contribution in [0.25, 0.3) is 0 Å². The second kappa shape index (κ2) is 7.39. The molecule has 2 amide bonds. The largest absolute Gasteiger partial charge is 0.351 e. The number of thiazole rings is 1. The highest BCUT2D eigenvalue weighted by molar-refractivity contribution is 7.16. The van der Waals surface area contributed by atoms with Crippen molar-refractivity contribution in [2.45, 2.75) is 25.3 Å². The summed E-state index contributed by atoms with van der Waals surface area (Å²) in [7, 11) is 0. The summed E-state index contributed by atoms with van der Waals surface area (Å²) in [4.78, 5) is 31.5. The second-order valence-corrected chi connectivity index (χ2v) is 8.15. The van der Waals surface area contributed by atoms with Gasteiger partial charge in [0.05, 0.1) is 18.2 Å². The van der Waals surface area contributed by atoms with Gasteiger partial charge in [-0.2, -0.15) is 0 Å². The average Bonchev–Trinajstić information content (AvgIpc) is 3.37.